The van der Waals surface area contributed by atoms with E-state index in [1.54, 1.807) is 36.4 Å². The second-order valence-electron chi connectivity index (χ2n) is 7.51. The number of ether oxygens (including phenoxy) is 2. The van der Waals surface area contributed by atoms with Gasteiger partial charge in [-0.05, 0) is 88.3 Å². The fourth-order valence-electron chi connectivity index (χ4n) is 3.06. The van der Waals surface area contributed by atoms with Crippen LogP contribution in [0.5, 0.6) is 11.5 Å². The van der Waals surface area contributed by atoms with E-state index >= 15 is 0 Å². The minimum atomic E-state index is -0.509. The number of amides is 1. The number of nitrogens with one attached hydrogen (secondary N) is 1. The molecule has 3 rings (SSSR count). The maximum atomic E-state index is 13.1. The molecule has 6 nitrogen and oxygen atoms in total. The lowest BCUT2D eigenvalue weighted by Crippen LogP contribution is -2.14. The summed E-state index contributed by atoms with van der Waals surface area (Å²) >= 11 is 2.10. The normalized spacial score (nSPS) is 10.9. The molecule has 0 bridgehead atoms. The zero-order valence-corrected chi connectivity index (χ0v) is 21.1. The first kappa shape index (κ1) is 25.1. The van der Waals surface area contributed by atoms with Gasteiger partial charge in [-0.3, -0.25) is 4.79 Å². The zero-order valence-electron chi connectivity index (χ0n) is 18.9. The van der Waals surface area contributed by atoms with Gasteiger partial charge in [-0.2, -0.15) is 5.26 Å². The monoisotopic (exact) mass is 571 g/mol. The highest BCUT2D eigenvalue weighted by Gasteiger charge is 2.14. The van der Waals surface area contributed by atoms with Crippen LogP contribution in [0.4, 0.5) is 15.8 Å². The highest BCUT2D eigenvalue weighted by molar-refractivity contribution is 14.1. The van der Waals surface area contributed by atoms with E-state index in [1.165, 1.54) is 25.3 Å². The number of nitriles is 1. The maximum Gasteiger partial charge on any atom is 0.266 e. The molecule has 0 heterocycles. The van der Waals surface area contributed by atoms with Gasteiger partial charge in [-0.15, -0.1) is 0 Å². The number of methoxy groups -OCH3 is 1. The van der Waals surface area contributed by atoms with Crippen molar-refractivity contribution in [3.8, 4) is 17.6 Å². The molecular weight excluding hydrogens is 548 g/mol. The molecule has 0 saturated carbocycles. The van der Waals surface area contributed by atoms with Crippen molar-refractivity contribution >= 4 is 45.9 Å². The first-order valence-electron chi connectivity index (χ1n) is 10.3. The quantitative estimate of drug-likeness (QED) is 0.216. The molecule has 0 radical (unpaired) electrons. The fraction of sp³-hybridized carbons (Fsp3) is 0.154. The van der Waals surface area contributed by atoms with Gasteiger partial charge in [-0.1, -0.05) is 12.1 Å². The molecule has 0 aromatic heterocycles. The molecule has 0 spiro atoms. The third-order valence-corrected chi connectivity index (χ3v) is 5.67. The molecule has 8 heteroatoms. The lowest BCUT2D eigenvalue weighted by atomic mass is 10.1. The SMILES string of the molecule is COc1cc(/C=C(/C#N)C(=O)Nc2ccc(N(C)C)cc2)cc(I)c1OCc1ccc(F)cc1. The van der Waals surface area contributed by atoms with Crippen LogP contribution in [-0.4, -0.2) is 27.1 Å². The highest BCUT2D eigenvalue weighted by Crippen LogP contribution is 2.35. The van der Waals surface area contributed by atoms with Crippen LogP contribution in [0.3, 0.4) is 0 Å². The van der Waals surface area contributed by atoms with E-state index in [0.29, 0.717) is 22.7 Å². The average Bonchev–Trinajstić information content (AvgIpc) is 2.82. The molecule has 0 fully saturated rings. The maximum absolute atomic E-state index is 13.1. The summed E-state index contributed by atoms with van der Waals surface area (Å²) < 4.78 is 25.2. The topological polar surface area (TPSA) is 74.6 Å². The first-order chi connectivity index (χ1) is 16.3. The van der Waals surface area contributed by atoms with E-state index in [4.69, 9.17) is 9.47 Å². The van der Waals surface area contributed by atoms with Crippen LogP contribution >= 0.6 is 22.6 Å². The van der Waals surface area contributed by atoms with E-state index in [2.05, 4.69) is 27.9 Å². The van der Waals surface area contributed by atoms with E-state index < -0.39 is 5.91 Å². The molecule has 0 aliphatic rings. The zero-order chi connectivity index (χ0) is 24.7. The van der Waals surface area contributed by atoms with Crippen molar-refractivity contribution in [3.63, 3.8) is 0 Å². The van der Waals surface area contributed by atoms with Crippen molar-refractivity contribution in [2.45, 2.75) is 6.61 Å². The van der Waals surface area contributed by atoms with Gasteiger partial charge >= 0.3 is 0 Å². The number of carbonyl (C=O) groups excluding carboxylic acids is 1. The molecule has 1 N–H and O–H groups in total. The minimum Gasteiger partial charge on any atom is -0.493 e. The van der Waals surface area contributed by atoms with Crippen LogP contribution in [0.25, 0.3) is 6.08 Å². The second kappa shape index (κ2) is 11.5. The van der Waals surface area contributed by atoms with Gasteiger partial charge in [0, 0.05) is 25.5 Å². The molecule has 0 aliphatic carbocycles. The van der Waals surface area contributed by atoms with Crippen LogP contribution in [-0.2, 0) is 11.4 Å². The van der Waals surface area contributed by atoms with Gasteiger partial charge in [0.25, 0.3) is 5.91 Å². The molecule has 174 valence electrons. The van der Waals surface area contributed by atoms with Gasteiger partial charge in [0.05, 0.1) is 10.7 Å². The Balaban J connectivity index is 1.78. The van der Waals surface area contributed by atoms with Gasteiger partial charge in [0.15, 0.2) is 11.5 Å². The number of hydrogen-bond acceptors (Lipinski definition) is 5. The van der Waals surface area contributed by atoms with E-state index in [-0.39, 0.29) is 18.0 Å². The van der Waals surface area contributed by atoms with E-state index in [0.717, 1.165) is 14.8 Å². The Morgan fingerprint density at radius 1 is 1.15 bits per heavy atom. The predicted molar refractivity (Wildman–Crippen MR) is 139 cm³/mol. The van der Waals surface area contributed by atoms with Crippen molar-refractivity contribution in [2.24, 2.45) is 0 Å². The van der Waals surface area contributed by atoms with Crippen molar-refractivity contribution in [2.75, 3.05) is 31.4 Å². The number of benzene rings is 3. The number of nitrogens with zero attached hydrogens (tertiary/aromatic N) is 2. The molecule has 1 amide bonds. The second-order valence-corrected chi connectivity index (χ2v) is 8.68. The lowest BCUT2D eigenvalue weighted by Gasteiger charge is -2.14. The van der Waals surface area contributed by atoms with Crippen LogP contribution in [0.15, 0.2) is 66.2 Å². The molecular formula is C26H23FIN3O3. The number of carbonyl (C=O) groups is 1. The Bertz CT molecular complexity index is 1230. The highest BCUT2D eigenvalue weighted by atomic mass is 127. The van der Waals surface area contributed by atoms with Gasteiger partial charge in [0.2, 0.25) is 0 Å². The molecule has 0 unspecified atom stereocenters. The first-order valence-corrected chi connectivity index (χ1v) is 11.3. The van der Waals surface area contributed by atoms with Crippen LogP contribution < -0.4 is 19.7 Å². The molecule has 0 aliphatic heterocycles. The van der Waals surface area contributed by atoms with Gasteiger partial charge in [-0.25, -0.2) is 4.39 Å². The summed E-state index contributed by atoms with van der Waals surface area (Å²) in [4.78, 5) is 14.6. The molecule has 0 saturated heterocycles. The Morgan fingerprint density at radius 2 is 1.82 bits per heavy atom. The fourth-order valence-corrected chi connectivity index (χ4v) is 3.84. The standard InChI is InChI=1S/C26H23FIN3O3/c1-31(2)22-10-8-21(9-11-22)30-26(32)19(15-29)12-18-13-23(28)25(24(14-18)33-3)34-16-17-4-6-20(27)7-5-17/h4-14H,16H2,1-3H3,(H,30,32)/b19-12-. The van der Waals surface area contributed by atoms with Crippen LogP contribution in [0, 0.1) is 20.7 Å². The molecule has 3 aromatic carbocycles. The third-order valence-electron chi connectivity index (χ3n) is 4.87. The number of anilines is 2. The van der Waals surface area contributed by atoms with E-state index in [1.807, 2.05) is 37.2 Å². The molecule has 0 atom stereocenters. The van der Waals surface area contributed by atoms with Crippen molar-refractivity contribution in [1.29, 1.82) is 5.26 Å². The third kappa shape index (κ3) is 6.48. The Morgan fingerprint density at radius 3 is 2.41 bits per heavy atom. The number of rotatable bonds is 8. The lowest BCUT2D eigenvalue weighted by molar-refractivity contribution is -0.112. The Hall–Kier alpha value is -3.58. The molecule has 3 aromatic rings. The van der Waals surface area contributed by atoms with Crippen molar-refractivity contribution in [1.82, 2.24) is 0 Å². The van der Waals surface area contributed by atoms with Crippen LogP contribution in [0.2, 0.25) is 0 Å². The average molecular weight is 571 g/mol. The molecule has 34 heavy (non-hydrogen) atoms. The largest absolute Gasteiger partial charge is 0.493 e. The van der Waals surface area contributed by atoms with Crippen molar-refractivity contribution in [3.05, 3.63) is 86.8 Å². The van der Waals surface area contributed by atoms with Crippen LogP contribution in [0.1, 0.15) is 11.1 Å². The number of hydrogen-bond donors (Lipinski definition) is 1. The van der Waals surface area contributed by atoms with Gasteiger partial charge in [0.1, 0.15) is 24.1 Å². The van der Waals surface area contributed by atoms with Crippen molar-refractivity contribution < 1.29 is 18.7 Å². The summed E-state index contributed by atoms with van der Waals surface area (Å²) in [6.45, 7) is 0.236. The Kier molecular flexibility index (Phi) is 8.49. The summed E-state index contributed by atoms with van der Waals surface area (Å²) in [5, 5.41) is 12.3. The Labute approximate surface area is 211 Å². The summed E-state index contributed by atoms with van der Waals surface area (Å²) in [5.41, 5.74) is 2.97. The van der Waals surface area contributed by atoms with Gasteiger partial charge < -0.3 is 19.7 Å². The summed E-state index contributed by atoms with van der Waals surface area (Å²) in [5.74, 6) is 0.159. The predicted octanol–water partition coefficient (Wildman–Crippen LogP) is 5.63. The van der Waals surface area contributed by atoms with E-state index in [9.17, 15) is 14.4 Å². The summed E-state index contributed by atoms with van der Waals surface area (Å²) in [7, 11) is 5.37. The summed E-state index contributed by atoms with van der Waals surface area (Å²) in [6.07, 6.45) is 1.50. The number of halogens is 2. The smallest absolute Gasteiger partial charge is 0.266 e. The minimum absolute atomic E-state index is 0.0467. The summed E-state index contributed by atoms with van der Waals surface area (Å²) in [6, 6.07) is 18.8.